The molecule has 0 saturated heterocycles. The number of benzene rings is 1. The van der Waals surface area contributed by atoms with E-state index in [-0.39, 0.29) is 5.97 Å². The predicted molar refractivity (Wildman–Crippen MR) is 94.2 cm³/mol. The lowest BCUT2D eigenvalue weighted by Gasteiger charge is -2.09. The molecule has 1 heterocycles. The number of esters is 1. The molecule has 128 valence electrons. The first-order valence-corrected chi connectivity index (χ1v) is 8.30. The molecule has 1 N–H and O–H groups in total. The van der Waals surface area contributed by atoms with Crippen molar-refractivity contribution in [3.63, 3.8) is 0 Å². The zero-order valence-electron chi connectivity index (χ0n) is 14.0. The van der Waals surface area contributed by atoms with E-state index in [0.717, 1.165) is 30.1 Å². The van der Waals surface area contributed by atoms with Crippen LogP contribution in [0.5, 0.6) is 5.75 Å². The van der Waals surface area contributed by atoms with Crippen LogP contribution in [0.3, 0.4) is 0 Å². The van der Waals surface area contributed by atoms with Crippen LogP contribution in [-0.4, -0.2) is 30.7 Å². The smallest absolute Gasteiger partial charge is 0.306 e. The van der Waals surface area contributed by atoms with Crippen molar-refractivity contribution >= 4 is 11.8 Å². The van der Waals surface area contributed by atoms with Crippen LogP contribution in [0.2, 0.25) is 0 Å². The molecule has 2 rings (SSSR count). The monoisotopic (exact) mass is 328 g/mol. The molecule has 5 nitrogen and oxygen atoms in total. The van der Waals surface area contributed by atoms with Crippen molar-refractivity contribution < 1.29 is 14.3 Å². The van der Waals surface area contributed by atoms with Crippen molar-refractivity contribution in [1.82, 2.24) is 4.98 Å². The minimum Gasteiger partial charge on any atom is -0.494 e. The van der Waals surface area contributed by atoms with Gasteiger partial charge in [-0.05, 0) is 49.6 Å². The van der Waals surface area contributed by atoms with Crippen molar-refractivity contribution in [2.24, 2.45) is 0 Å². The molecule has 0 aliphatic rings. The van der Waals surface area contributed by atoms with Crippen molar-refractivity contribution in [2.75, 3.05) is 25.1 Å². The van der Waals surface area contributed by atoms with Gasteiger partial charge in [-0.3, -0.25) is 4.79 Å². The number of hydrogen-bond donors (Lipinski definition) is 1. The Morgan fingerprint density at radius 1 is 1.21 bits per heavy atom. The molecule has 0 aliphatic heterocycles. The zero-order valence-corrected chi connectivity index (χ0v) is 14.0. The highest BCUT2D eigenvalue weighted by atomic mass is 16.5. The van der Waals surface area contributed by atoms with Crippen LogP contribution in [-0.2, 0) is 16.0 Å². The van der Waals surface area contributed by atoms with E-state index in [4.69, 9.17) is 9.47 Å². The van der Waals surface area contributed by atoms with Gasteiger partial charge in [0.2, 0.25) is 0 Å². The van der Waals surface area contributed by atoms with Crippen molar-refractivity contribution in [3.8, 4) is 5.75 Å². The van der Waals surface area contributed by atoms with Gasteiger partial charge >= 0.3 is 5.97 Å². The zero-order chi connectivity index (χ0) is 17.0. The van der Waals surface area contributed by atoms with E-state index in [1.165, 1.54) is 0 Å². The SMILES string of the molecule is CCOC(=O)CCc1cccc(OCCCNc2ccccn2)c1. The number of aryl methyl sites for hydroxylation is 1. The molecule has 5 heteroatoms. The van der Waals surface area contributed by atoms with E-state index in [1.807, 2.05) is 49.4 Å². The Bertz CT molecular complexity index is 617. The standard InChI is InChI=1S/C19H24N2O3/c1-2-23-19(22)11-10-16-7-5-8-17(15-16)24-14-6-13-21-18-9-3-4-12-20-18/h3-5,7-9,12,15H,2,6,10-11,13-14H2,1H3,(H,20,21). The lowest BCUT2D eigenvalue weighted by atomic mass is 10.1. The summed E-state index contributed by atoms with van der Waals surface area (Å²) in [5.41, 5.74) is 1.08. The van der Waals surface area contributed by atoms with E-state index in [1.54, 1.807) is 6.20 Å². The number of carbonyl (C=O) groups is 1. The third kappa shape index (κ3) is 6.69. The fourth-order valence-corrected chi connectivity index (χ4v) is 2.22. The summed E-state index contributed by atoms with van der Waals surface area (Å²) in [5.74, 6) is 1.54. The largest absolute Gasteiger partial charge is 0.494 e. The van der Waals surface area contributed by atoms with Gasteiger partial charge in [-0.2, -0.15) is 0 Å². The van der Waals surface area contributed by atoms with Gasteiger partial charge in [0.15, 0.2) is 0 Å². The molecule has 0 amide bonds. The van der Waals surface area contributed by atoms with Crippen LogP contribution < -0.4 is 10.1 Å². The van der Waals surface area contributed by atoms with E-state index in [9.17, 15) is 4.79 Å². The number of hydrogen-bond acceptors (Lipinski definition) is 5. The second kappa shape index (κ2) is 10.3. The molecule has 0 fully saturated rings. The van der Waals surface area contributed by atoms with Crippen LogP contribution in [0.4, 0.5) is 5.82 Å². The van der Waals surface area contributed by atoms with Gasteiger partial charge in [0.05, 0.1) is 13.2 Å². The van der Waals surface area contributed by atoms with Crippen LogP contribution in [0.25, 0.3) is 0 Å². The number of nitrogens with one attached hydrogen (secondary N) is 1. The van der Waals surface area contributed by atoms with Crippen LogP contribution in [0, 0.1) is 0 Å². The number of ether oxygens (including phenoxy) is 2. The maximum Gasteiger partial charge on any atom is 0.306 e. The Hall–Kier alpha value is -2.56. The summed E-state index contributed by atoms with van der Waals surface area (Å²) < 4.78 is 10.7. The Kier molecular flexibility index (Phi) is 7.60. The average molecular weight is 328 g/mol. The van der Waals surface area contributed by atoms with Gasteiger partial charge in [-0.15, -0.1) is 0 Å². The number of pyridine rings is 1. The van der Waals surface area contributed by atoms with Crippen molar-refractivity contribution in [3.05, 3.63) is 54.2 Å². The number of nitrogens with zero attached hydrogens (tertiary/aromatic N) is 1. The van der Waals surface area contributed by atoms with E-state index in [0.29, 0.717) is 26.1 Å². The van der Waals surface area contributed by atoms with Gasteiger partial charge in [0, 0.05) is 19.2 Å². The summed E-state index contributed by atoms with van der Waals surface area (Å²) in [6, 6.07) is 13.6. The first-order valence-electron chi connectivity index (χ1n) is 8.30. The minimum absolute atomic E-state index is 0.163. The first-order chi connectivity index (χ1) is 11.8. The molecule has 24 heavy (non-hydrogen) atoms. The highest BCUT2D eigenvalue weighted by molar-refractivity contribution is 5.69. The second-order valence-electron chi connectivity index (χ2n) is 5.30. The van der Waals surface area contributed by atoms with Crippen LogP contribution >= 0.6 is 0 Å². The van der Waals surface area contributed by atoms with Crippen molar-refractivity contribution in [1.29, 1.82) is 0 Å². The van der Waals surface area contributed by atoms with Gasteiger partial charge in [-0.1, -0.05) is 18.2 Å². The normalized spacial score (nSPS) is 10.2. The number of aromatic nitrogens is 1. The molecule has 0 aliphatic carbocycles. The minimum atomic E-state index is -0.163. The Labute approximate surface area is 143 Å². The van der Waals surface area contributed by atoms with E-state index >= 15 is 0 Å². The molecule has 0 spiro atoms. The fourth-order valence-electron chi connectivity index (χ4n) is 2.22. The molecule has 0 bridgehead atoms. The highest BCUT2D eigenvalue weighted by Crippen LogP contribution is 2.15. The first kappa shape index (κ1) is 17.8. The topological polar surface area (TPSA) is 60.5 Å². The quantitative estimate of drug-likeness (QED) is 0.534. The van der Waals surface area contributed by atoms with Gasteiger partial charge < -0.3 is 14.8 Å². The predicted octanol–water partition coefficient (Wildman–Crippen LogP) is 3.46. The summed E-state index contributed by atoms with van der Waals surface area (Å²) in [5, 5.41) is 3.24. The second-order valence-corrected chi connectivity index (χ2v) is 5.30. The third-order valence-electron chi connectivity index (χ3n) is 3.38. The van der Waals surface area contributed by atoms with Crippen molar-refractivity contribution in [2.45, 2.75) is 26.2 Å². The summed E-state index contributed by atoms with van der Waals surface area (Å²) in [7, 11) is 0. The Balaban J connectivity index is 1.67. The molecule has 0 atom stereocenters. The third-order valence-corrected chi connectivity index (χ3v) is 3.38. The fraction of sp³-hybridized carbons (Fsp3) is 0.368. The van der Waals surface area contributed by atoms with Gasteiger partial charge in [-0.25, -0.2) is 4.98 Å². The lowest BCUT2D eigenvalue weighted by Crippen LogP contribution is -2.08. The molecule has 0 radical (unpaired) electrons. The number of carbonyl (C=O) groups excluding carboxylic acids is 1. The molecule has 2 aromatic rings. The van der Waals surface area contributed by atoms with E-state index < -0.39 is 0 Å². The van der Waals surface area contributed by atoms with E-state index in [2.05, 4.69) is 10.3 Å². The summed E-state index contributed by atoms with van der Waals surface area (Å²) in [6.45, 7) is 3.67. The molecular weight excluding hydrogens is 304 g/mol. The maximum atomic E-state index is 11.4. The summed E-state index contributed by atoms with van der Waals surface area (Å²) in [4.78, 5) is 15.6. The Morgan fingerprint density at radius 2 is 2.12 bits per heavy atom. The molecular formula is C19H24N2O3. The average Bonchev–Trinajstić information content (AvgIpc) is 2.61. The van der Waals surface area contributed by atoms with Crippen LogP contribution in [0.1, 0.15) is 25.3 Å². The molecule has 1 aromatic carbocycles. The molecule has 0 unspecified atom stereocenters. The lowest BCUT2D eigenvalue weighted by molar-refractivity contribution is -0.143. The summed E-state index contributed by atoms with van der Waals surface area (Å²) in [6.07, 6.45) is 3.70. The summed E-state index contributed by atoms with van der Waals surface area (Å²) >= 11 is 0. The molecule has 1 aromatic heterocycles. The highest BCUT2D eigenvalue weighted by Gasteiger charge is 2.03. The maximum absolute atomic E-state index is 11.4. The Morgan fingerprint density at radius 3 is 2.92 bits per heavy atom. The number of anilines is 1. The van der Waals surface area contributed by atoms with Gasteiger partial charge in [0.25, 0.3) is 0 Å². The number of rotatable bonds is 10. The van der Waals surface area contributed by atoms with Gasteiger partial charge in [0.1, 0.15) is 11.6 Å². The van der Waals surface area contributed by atoms with Crippen LogP contribution in [0.15, 0.2) is 48.7 Å². The molecule has 0 saturated carbocycles.